The largest absolute Gasteiger partial charge is 0.491 e. The van der Waals surface area contributed by atoms with Crippen LogP contribution < -0.4 is 14.6 Å². The van der Waals surface area contributed by atoms with Crippen LogP contribution >= 0.6 is 39.0 Å². The molecule has 2 aliphatic heterocycles. The summed E-state index contributed by atoms with van der Waals surface area (Å²) < 4.78 is 24.4. The molecule has 9 nitrogen and oxygen atoms in total. The number of imidazole rings is 2. The van der Waals surface area contributed by atoms with E-state index in [4.69, 9.17) is 14.2 Å². The Balaban J connectivity index is 0.939. The Morgan fingerprint density at radius 3 is 2.70 bits per heavy atom. The SMILES string of the molecule is Brc1csc(C2(Cn3ccnc3)OCC(COc3cccc(N4CCN(n5ccnc5SCc5ccccc5)CC4)c3)O2)c1. The Morgan fingerprint density at radius 2 is 1.91 bits per heavy atom. The second kappa shape index (κ2) is 13.4. The van der Waals surface area contributed by atoms with Gasteiger partial charge in [-0.25, -0.2) is 14.6 Å². The quantitative estimate of drug-likeness (QED) is 0.156. The van der Waals surface area contributed by atoms with Crippen molar-refractivity contribution in [2.75, 3.05) is 49.3 Å². The fraction of sp³-hybridized carbons (Fsp3) is 0.312. The number of thiophene rings is 1. The van der Waals surface area contributed by atoms with Gasteiger partial charge in [-0.1, -0.05) is 48.2 Å². The van der Waals surface area contributed by atoms with Gasteiger partial charge in [0, 0.05) is 65.2 Å². The van der Waals surface area contributed by atoms with Crippen LogP contribution in [0, 0.1) is 0 Å². The lowest BCUT2D eigenvalue weighted by Gasteiger charge is -2.38. The lowest BCUT2D eigenvalue weighted by Crippen LogP contribution is -2.51. The van der Waals surface area contributed by atoms with Crippen molar-refractivity contribution in [3.63, 3.8) is 0 Å². The van der Waals surface area contributed by atoms with E-state index in [9.17, 15) is 0 Å². The van der Waals surface area contributed by atoms with Gasteiger partial charge in [-0.3, -0.25) is 0 Å². The van der Waals surface area contributed by atoms with Crippen LogP contribution in [0.4, 0.5) is 5.69 Å². The molecule has 0 amide bonds. The van der Waals surface area contributed by atoms with E-state index in [1.165, 1.54) is 5.56 Å². The molecule has 228 valence electrons. The smallest absolute Gasteiger partial charge is 0.223 e. The molecule has 0 N–H and O–H groups in total. The minimum atomic E-state index is -0.873. The maximum atomic E-state index is 6.56. The number of hydrogen-bond acceptors (Lipinski definition) is 9. The topological polar surface area (TPSA) is 69.8 Å². The average Bonchev–Trinajstić information content (AvgIpc) is 3.89. The lowest BCUT2D eigenvalue weighted by molar-refractivity contribution is -0.186. The van der Waals surface area contributed by atoms with Gasteiger partial charge >= 0.3 is 0 Å². The molecule has 0 saturated carbocycles. The number of hydrogen-bond donors (Lipinski definition) is 0. The number of rotatable bonds is 11. The van der Waals surface area contributed by atoms with Gasteiger partial charge in [0.05, 0.1) is 37.4 Å². The molecular weight excluding hydrogens is 660 g/mol. The molecule has 0 radical (unpaired) electrons. The highest BCUT2D eigenvalue weighted by Crippen LogP contribution is 2.40. The normalized spacial score (nSPS) is 20.3. The third kappa shape index (κ3) is 6.69. The standard InChI is InChI=1S/C32H33BrN6O3S2/c33-26-17-30(43-22-26)32(23-36-11-9-34-24-36)41-20-29(42-32)19-40-28-8-4-7-27(18-28)37-13-15-38(16-14-37)39-12-10-35-31(39)44-21-25-5-2-1-3-6-25/h1-12,17-18,22,24,29H,13-16,19-21,23H2. The Labute approximate surface area is 273 Å². The third-order valence-corrected chi connectivity index (χ3v) is 10.6. The number of piperazine rings is 1. The molecular formula is C32H33BrN6O3S2. The van der Waals surface area contributed by atoms with Crippen molar-refractivity contribution in [1.29, 1.82) is 0 Å². The van der Waals surface area contributed by atoms with Crippen LogP contribution in [0.15, 0.2) is 107 Å². The van der Waals surface area contributed by atoms with Gasteiger partial charge in [-0.15, -0.1) is 11.3 Å². The number of halogens is 1. The molecule has 12 heteroatoms. The average molecular weight is 694 g/mol. The number of thioether (sulfide) groups is 1. The van der Waals surface area contributed by atoms with Gasteiger partial charge in [-0.2, -0.15) is 0 Å². The summed E-state index contributed by atoms with van der Waals surface area (Å²) in [6.45, 7) is 5.01. The molecule has 7 rings (SSSR count). The fourth-order valence-corrected chi connectivity index (χ4v) is 7.97. The van der Waals surface area contributed by atoms with Crippen LogP contribution in [0.1, 0.15) is 10.4 Å². The molecule has 44 heavy (non-hydrogen) atoms. The number of aromatic nitrogens is 4. The summed E-state index contributed by atoms with van der Waals surface area (Å²) >= 11 is 6.96. The van der Waals surface area contributed by atoms with Crippen molar-refractivity contribution in [2.45, 2.75) is 29.3 Å². The highest BCUT2D eigenvalue weighted by Gasteiger charge is 2.45. The molecule has 2 aromatic carbocycles. The fourth-order valence-electron chi connectivity index (χ4n) is 5.52. The predicted molar refractivity (Wildman–Crippen MR) is 177 cm³/mol. The number of anilines is 1. The van der Waals surface area contributed by atoms with Crippen LogP contribution in [0.25, 0.3) is 0 Å². The second-order valence-corrected chi connectivity index (χ2v) is 13.5. The Hall–Kier alpha value is -3.29. The number of nitrogens with zero attached hydrogens (tertiary/aromatic N) is 6. The van der Waals surface area contributed by atoms with Crippen LogP contribution in [-0.2, 0) is 27.6 Å². The zero-order valence-electron chi connectivity index (χ0n) is 24.1. The molecule has 2 unspecified atom stereocenters. The van der Waals surface area contributed by atoms with E-state index < -0.39 is 5.79 Å². The Bertz CT molecular complexity index is 1640. The first-order chi connectivity index (χ1) is 21.6. The van der Waals surface area contributed by atoms with E-state index >= 15 is 0 Å². The maximum absolute atomic E-state index is 6.56. The number of benzene rings is 2. The van der Waals surface area contributed by atoms with Crippen LogP contribution in [0.3, 0.4) is 0 Å². The van der Waals surface area contributed by atoms with Crippen molar-refractivity contribution >= 4 is 44.7 Å². The van der Waals surface area contributed by atoms with Crippen LogP contribution in [-0.4, -0.2) is 64.7 Å². The van der Waals surface area contributed by atoms with E-state index in [2.05, 4.69) is 101 Å². The predicted octanol–water partition coefficient (Wildman–Crippen LogP) is 6.00. The Morgan fingerprint density at radius 1 is 1.02 bits per heavy atom. The minimum absolute atomic E-state index is 0.198. The maximum Gasteiger partial charge on any atom is 0.223 e. The molecule has 2 aliphatic rings. The van der Waals surface area contributed by atoms with E-state index in [1.54, 1.807) is 35.6 Å². The molecule has 0 spiro atoms. The highest BCUT2D eigenvalue weighted by molar-refractivity contribution is 9.10. The molecule has 0 aliphatic carbocycles. The van der Waals surface area contributed by atoms with Crippen LogP contribution in [0.5, 0.6) is 5.75 Å². The monoisotopic (exact) mass is 692 g/mol. The first-order valence-electron chi connectivity index (χ1n) is 14.6. The summed E-state index contributed by atoms with van der Waals surface area (Å²) in [6.07, 6.45) is 9.23. The lowest BCUT2D eigenvalue weighted by atomic mass is 10.2. The summed E-state index contributed by atoms with van der Waals surface area (Å²) in [5, 5.41) is 5.44. The van der Waals surface area contributed by atoms with Crippen molar-refractivity contribution in [1.82, 2.24) is 19.2 Å². The van der Waals surface area contributed by atoms with Gasteiger partial charge < -0.3 is 28.7 Å². The molecule has 5 aromatic rings. The highest BCUT2D eigenvalue weighted by atomic mass is 79.9. The van der Waals surface area contributed by atoms with Crippen LogP contribution in [0.2, 0.25) is 0 Å². The summed E-state index contributed by atoms with van der Waals surface area (Å²) in [4.78, 5) is 12.2. The van der Waals surface area contributed by atoms with Gasteiger partial charge in [0.25, 0.3) is 0 Å². The molecule has 0 bridgehead atoms. The summed E-state index contributed by atoms with van der Waals surface area (Å²) in [6, 6.07) is 20.9. The first-order valence-corrected chi connectivity index (χ1v) is 17.2. The van der Waals surface area contributed by atoms with Crippen molar-refractivity contribution < 1.29 is 14.2 Å². The van der Waals surface area contributed by atoms with Gasteiger partial charge in [0.1, 0.15) is 18.5 Å². The van der Waals surface area contributed by atoms with Gasteiger partial charge in [0.2, 0.25) is 5.79 Å². The van der Waals surface area contributed by atoms with E-state index in [1.807, 2.05) is 28.4 Å². The second-order valence-electron chi connectivity index (χ2n) is 10.7. The van der Waals surface area contributed by atoms with E-state index in [0.29, 0.717) is 19.8 Å². The van der Waals surface area contributed by atoms with Crippen molar-refractivity contribution in [3.05, 3.63) is 112 Å². The summed E-state index contributed by atoms with van der Waals surface area (Å²) in [5.74, 6) is 0.857. The zero-order valence-corrected chi connectivity index (χ0v) is 27.3. The molecule has 2 fully saturated rings. The summed E-state index contributed by atoms with van der Waals surface area (Å²) in [7, 11) is 0. The molecule has 5 heterocycles. The minimum Gasteiger partial charge on any atom is -0.491 e. The van der Waals surface area contributed by atoms with Crippen molar-refractivity contribution in [3.8, 4) is 5.75 Å². The third-order valence-electron chi connectivity index (χ3n) is 7.73. The molecule has 2 atom stereocenters. The molecule has 2 saturated heterocycles. The zero-order chi connectivity index (χ0) is 29.8. The van der Waals surface area contributed by atoms with Crippen molar-refractivity contribution in [2.24, 2.45) is 0 Å². The molecule has 3 aromatic heterocycles. The summed E-state index contributed by atoms with van der Waals surface area (Å²) in [5.41, 5.74) is 2.46. The van der Waals surface area contributed by atoms with Gasteiger partial charge in [0.15, 0.2) is 5.16 Å². The van der Waals surface area contributed by atoms with E-state index in [-0.39, 0.29) is 6.10 Å². The first kappa shape index (κ1) is 29.4. The Kier molecular flexibility index (Phi) is 8.94. The van der Waals surface area contributed by atoms with E-state index in [0.717, 1.165) is 57.9 Å². The number of ether oxygens (including phenoxy) is 3. The van der Waals surface area contributed by atoms with Gasteiger partial charge in [-0.05, 0) is 39.7 Å².